The fourth-order valence-corrected chi connectivity index (χ4v) is 4.19. The molecule has 2 heterocycles. The van der Waals surface area contributed by atoms with E-state index in [1.807, 2.05) is 18.2 Å². The van der Waals surface area contributed by atoms with Crippen LogP contribution < -0.4 is 10.6 Å². The van der Waals surface area contributed by atoms with Gasteiger partial charge in [0.2, 0.25) is 0 Å². The number of halogens is 1. The van der Waals surface area contributed by atoms with Crippen LogP contribution in [0.2, 0.25) is 0 Å². The van der Waals surface area contributed by atoms with Crippen molar-refractivity contribution in [2.45, 2.75) is 26.8 Å². The molecular weight excluding hydrogens is 489 g/mol. The molecule has 0 radical (unpaired) electrons. The number of nitrogens with zero attached hydrogens (tertiary/aromatic N) is 3. The third kappa shape index (κ3) is 6.25. The van der Waals surface area contributed by atoms with Crippen LogP contribution in [0.5, 0.6) is 0 Å². The molecule has 0 saturated heterocycles. The summed E-state index contributed by atoms with van der Waals surface area (Å²) in [7, 11) is 1.78. The molecule has 0 aliphatic rings. The van der Waals surface area contributed by atoms with E-state index in [4.69, 9.17) is 4.98 Å². The Kier molecular flexibility index (Phi) is 8.65. The van der Waals surface area contributed by atoms with Crippen LogP contribution >= 0.6 is 46.7 Å². The zero-order valence-corrected chi connectivity index (χ0v) is 19.6. The first-order chi connectivity index (χ1) is 12.7. The molecule has 0 atom stereocenters. The monoisotopic (exact) mass is 513 g/mol. The summed E-state index contributed by atoms with van der Waals surface area (Å²) in [6.45, 7) is 5.62. The second kappa shape index (κ2) is 10.7. The maximum Gasteiger partial charge on any atom is 0.191 e. The average Bonchev–Trinajstić information content (AvgIpc) is 3.25. The van der Waals surface area contributed by atoms with Gasteiger partial charge in [0.1, 0.15) is 5.01 Å². The number of aryl methyl sites for hydroxylation is 2. The molecule has 3 aromatic rings. The Bertz CT molecular complexity index is 854. The number of hydrogen-bond acceptors (Lipinski definition) is 5. The largest absolute Gasteiger partial charge is 0.356 e. The SMILES string of the molecule is CN=C(NCCc1nc(C)c(C)s1)NCc1csc(-c2ccccc2)n1.I. The Morgan fingerprint density at radius 1 is 1.11 bits per heavy atom. The van der Waals surface area contributed by atoms with Crippen molar-refractivity contribution in [2.75, 3.05) is 13.6 Å². The molecule has 0 aliphatic heterocycles. The molecule has 0 saturated carbocycles. The van der Waals surface area contributed by atoms with Crippen molar-refractivity contribution in [1.29, 1.82) is 0 Å². The number of benzene rings is 1. The lowest BCUT2D eigenvalue weighted by Crippen LogP contribution is -2.37. The first-order valence-corrected chi connectivity index (χ1v) is 10.2. The van der Waals surface area contributed by atoms with Gasteiger partial charge >= 0.3 is 0 Å². The second-order valence-electron chi connectivity index (χ2n) is 5.86. The Morgan fingerprint density at radius 2 is 1.89 bits per heavy atom. The summed E-state index contributed by atoms with van der Waals surface area (Å²) in [5, 5.41) is 10.9. The smallest absolute Gasteiger partial charge is 0.191 e. The van der Waals surface area contributed by atoms with Gasteiger partial charge in [-0.05, 0) is 13.8 Å². The fraction of sp³-hybridized carbons (Fsp3) is 0.316. The van der Waals surface area contributed by atoms with E-state index >= 15 is 0 Å². The maximum atomic E-state index is 4.69. The van der Waals surface area contributed by atoms with Gasteiger partial charge in [-0.25, -0.2) is 9.97 Å². The van der Waals surface area contributed by atoms with Gasteiger partial charge in [-0.2, -0.15) is 0 Å². The summed E-state index contributed by atoms with van der Waals surface area (Å²) in [5.74, 6) is 0.782. The summed E-state index contributed by atoms with van der Waals surface area (Å²) in [6, 6.07) is 10.2. The van der Waals surface area contributed by atoms with Gasteiger partial charge in [-0.3, -0.25) is 4.99 Å². The molecule has 0 spiro atoms. The quantitative estimate of drug-likeness (QED) is 0.291. The Morgan fingerprint density at radius 3 is 2.56 bits per heavy atom. The molecule has 0 bridgehead atoms. The number of nitrogens with one attached hydrogen (secondary N) is 2. The highest BCUT2D eigenvalue weighted by molar-refractivity contribution is 14.0. The standard InChI is InChI=1S/C19H23N5S2.HI/c1-13-14(2)26-17(23-13)9-10-21-19(20-3)22-11-16-12-25-18(24-16)15-7-5-4-6-8-15;/h4-8,12H,9-11H2,1-3H3,(H2,20,21,22);1H. The number of rotatable bonds is 6. The van der Waals surface area contributed by atoms with E-state index in [1.54, 1.807) is 29.7 Å². The predicted octanol–water partition coefficient (Wildman–Crippen LogP) is 4.41. The minimum absolute atomic E-state index is 0. The van der Waals surface area contributed by atoms with Gasteiger partial charge in [0, 0.05) is 35.8 Å². The van der Waals surface area contributed by atoms with Crippen molar-refractivity contribution in [3.05, 3.63) is 57.0 Å². The van der Waals surface area contributed by atoms with Gasteiger partial charge in [0.25, 0.3) is 0 Å². The van der Waals surface area contributed by atoms with Crippen LogP contribution in [0, 0.1) is 13.8 Å². The molecule has 0 aliphatic carbocycles. The molecule has 8 heteroatoms. The van der Waals surface area contributed by atoms with E-state index in [0.717, 1.165) is 45.9 Å². The van der Waals surface area contributed by atoms with Gasteiger partial charge in [-0.1, -0.05) is 30.3 Å². The normalized spacial score (nSPS) is 11.1. The first-order valence-electron chi connectivity index (χ1n) is 8.53. The van der Waals surface area contributed by atoms with E-state index < -0.39 is 0 Å². The van der Waals surface area contributed by atoms with Crippen LogP contribution in [0.15, 0.2) is 40.7 Å². The van der Waals surface area contributed by atoms with Crippen molar-refractivity contribution in [3.8, 4) is 10.6 Å². The highest BCUT2D eigenvalue weighted by Gasteiger charge is 2.06. The third-order valence-corrected chi connectivity index (χ3v) is 6.01. The highest BCUT2D eigenvalue weighted by Crippen LogP contribution is 2.23. The Labute approximate surface area is 185 Å². The molecule has 0 unspecified atom stereocenters. The molecule has 2 aromatic heterocycles. The first kappa shape index (κ1) is 21.8. The lowest BCUT2D eigenvalue weighted by molar-refractivity contribution is 0.783. The lowest BCUT2D eigenvalue weighted by atomic mass is 10.2. The molecular formula is C19H24IN5S2. The molecule has 3 rings (SSSR count). The van der Waals surface area contributed by atoms with E-state index in [0.29, 0.717) is 6.54 Å². The van der Waals surface area contributed by atoms with Crippen LogP contribution in [0.4, 0.5) is 0 Å². The summed E-state index contributed by atoms with van der Waals surface area (Å²) in [6.07, 6.45) is 0.898. The topological polar surface area (TPSA) is 62.2 Å². The molecule has 144 valence electrons. The highest BCUT2D eigenvalue weighted by atomic mass is 127. The summed E-state index contributed by atoms with van der Waals surface area (Å²) >= 11 is 3.43. The molecule has 27 heavy (non-hydrogen) atoms. The second-order valence-corrected chi connectivity index (χ2v) is 8.01. The minimum Gasteiger partial charge on any atom is -0.356 e. The van der Waals surface area contributed by atoms with Crippen molar-refractivity contribution in [3.63, 3.8) is 0 Å². The summed E-state index contributed by atoms with van der Waals surface area (Å²) in [4.78, 5) is 14.8. The van der Waals surface area contributed by atoms with Crippen molar-refractivity contribution in [2.24, 2.45) is 4.99 Å². The van der Waals surface area contributed by atoms with E-state index in [1.165, 1.54) is 4.88 Å². The average molecular weight is 513 g/mol. The summed E-state index contributed by atoms with van der Waals surface area (Å²) in [5.41, 5.74) is 3.30. The number of hydrogen-bond donors (Lipinski definition) is 2. The number of thiazole rings is 2. The van der Waals surface area contributed by atoms with Crippen molar-refractivity contribution < 1.29 is 0 Å². The lowest BCUT2D eigenvalue weighted by Gasteiger charge is -2.10. The molecule has 5 nitrogen and oxygen atoms in total. The molecule has 1 aromatic carbocycles. The molecule has 0 amide bonds. The van der Waals surface area contributed by atoms with Crippen LogP contribution in [-0.2, 0) is 13.0 Å². The number of guanidine groups is 1. The molecule has 0 fully saturated rings. The van der Waals surface area contributed by atoms with Crippen molar-refractivity contribution in [1.82, 2.24) is 20.6 Å². The van der Waals surface area contributed by atoms with Crippen LogP contribution in [-0.4, -0.2) is 29.5 Å². The van der Waals surface area contributed by atoms with E-state index in [-0.39, 0.29) is 24.0 Å². The Balaban J connectivity index is 0.00000261. The van der Waals surface area contributed by atoms with E-state index in [2.05, 4.69) is 52.0 Å². The van der Waals surface area contributed by atoms with Gasteiger partial charge in [0.05, 0.1) is 22.9 Å². The predicted molar refractivity (Wildman–Crippen MR) is 126 cm³/mol. The van der Waals surface area contributed by atoms with Gasteiger partial charge in [-0.15, -0.1) is 46.7 Å². The maximum absolute atomic E-state index is 4.69. The van der Waals surface area contributed by atoms with Crippen molar-refractivity contribution >= 4 is 52.6 Å². The van der Waals surface area contributed by atoms with Crippen LogP contribution in [0.3, 0.4) is 0 Å². The third-order valence-electron chi connectivity index (χ3n) is 3.94. The summed E-state index contributed by atoms with van der Waals surface area (Å²) < 4.78 is 0. The van der Waals surface area contributed by atoms with Crippen LogP contribution in [0.1, 0.15) is 21.3 Å². The van der Waals surface area contributed by atoms with Gasteiger partial charge in [0.15, 0.2) is 5.96 Å². The number of aliphatic imine (C=N–C) groups is 1. The zero-order valence-electron chi connectivity index (χ0n) is 15.7. The number of aromatic nitrogens is 2. The van der Waals surface area contributed by atoms with Gasteiger partial charge < -0.3 is 10.6 Å². The minimum atomic E-state index is 0. The zero-order chi connectivity index (χ0) is 18.4. The Hall–Kier alpha value is -1.52. The molecule has 2 N–H and O–H groups in total. The van der Waals surface area contributed by atoms with Crippen LogP contribution in [0.25, 0.3) is 10.6 Å². The fourth-order valence-electron chi connectivity index (χ4n) is 2.43. The van der Waals surface area contributed by atoms with E-state index in [9.17, 15) is 0 Å².